The van der Waals surface area contributed by atoms with Gasteiger partial charge in [0.2, 0.25) is 12.7 Å². The van der Waals surface area contributed by atoms with Gasteiger partial charge in [-0.05, 0) is 32.2 Å². The molecule has 20 heavy (non-hydrogen) atoms. The second-order valence-electron chi connectivity index (χ2n) is 4.62. The van der Waals surface area contributed by atoms with E-state index in [2.05, 4.69) is 5.32 Å². The predicted molar refractivity (Wildman–Crippen MR) is 73.1 cm³/mol. The van der Waals surface area contributed by atoms with Crippen LogP contribution in [0.25, 0.3) is 0 Å². The Kier molecular flexibility index (Phi) is 4.57. The van der Waals surface area contributed by atoms with E-state index in [1.807, 2.05) is 6.92 Å². The van der Waals surface area contributed by atoms with E-state index >= 15 is 0 Å². The summed E-state index contributed by atoms with van der Waals surface area (Å²) in [6.45, 7) is 3.00. The molecule has 0 fully saturated rings. The molecule has 1 aromatic rings. The van der Waals surface area contributed by atoms with Gasteiger partial charge in [-0.1, -0.05) is 0 Å². The molecule has 108 valence electrons. The number of likely N-dealkylation sites (N-methyl/N-ethyl adjacent to an activating group) is 2. The molecule has 6 nitrogen and oxygen atoms in total. The first-order valence-electron chi connectivity index (χ1n) is 6.48. The maximum atomic E-state index is 12.1. The van der Waals surface area contributed by atoms with Crippen molar-refractivity contribution in [1.82, 2.24) is 10.2 Å². The zero-order valence-electron chi connectivity index (χ0n) is 11.6. The van der Waals surface area contributed by atoms with Gasteiger partial charge in [0.25, 0.3) is 0 Å². The van der Waals surface area contributed by atoms with Gasteiger partial charge in [0.15, 0.2) is 17.3 Å². The first-order chi connectivity index (χ1) is 9.60. The number of amides is 1. The molecule has 0 aromatic heterocycles. The maximum absolute atomic E-state index is 12.1. The zero-order valence-corrected chi connectivity index (χ0v) is 11.6. The SMILES string of the molecule is CCNC(=O)CN(C)CC(=O)c1ccc2c(c1)OCO2. The predicted octanol–water partition coefficient (Wildman–Crippen LogP) is 0.666. The highest BCUT2D eigenvalue weighted by molar-refractivity contribution is 5.98. The number of rotatable bonds is 6. The summed E-state index contributed by atoms with van der Waals surface area (Å²) in [4.78, 5) is 25.2. The fourth-order valence-electron chi connectivity index (χ4n) is 1.96. The van der Waals surface area contributed by atoms with E-state index in [1.165, 1.54) is 0 Å². The molecule has 1 aliphatic heterocycles. The largest absolute Gasteiger partial charge is 0.454 e. The summed E-state index contributed by atoms with van der Waals surface area (Å²) in [6.07, 6.45) is 0. The van der Waals surface area contributed by atoms with Crippen LogP contribution in [0.15, 0.2) is 18.2 Å². The van der Waals surface area contributed by atoms with Gasteiger partial charge < -0.3 is 14.8 Å². The highest BCUT2D eigenvalue weighted by Crippen LogP contribution is 2.32. The number of nitrogens with one attached hydrogen (secondary N) is 1. The van der Waals surface area contributed by atoms with Gasteiger partial charge in [-0.25, -0.2) is 0 Å². The lowest BCUT2D eigenvalue weighted by Crippen LogP contribution is -2.37. The fraction of sp³-hybridized carbons (Fsp3) is 0.429. The lowest BCUT2D eigenvalue weighted by molar-refractivity contribution is -0.121. The van der Waals surface area contributed by atoms with Gasteiger partial charge in [0.05, 0.1) is 13.1 Å². The molecule has 0 unspecified atom stereocenters. The third-order valence-electron chi connectivity index (χ3n) is 2.90. The minimum Gasteiger partial charge on any atom is -0.454 e. The van der Waals surface area contributed by atoms with Gasteiger partial charge >= 0.3 is 0 Å². The lowest BCUT2D eigenvalue weighted by Gasteiger charge is -2.15. The molecule has 1 amide bonds. The Morgan fingerprint density at radius 2 is 2.00 bits per heavy atom. The van der Waals surface area contributed by atoms with Crippen LogP contribution in [-0.4, -0.2) is 50.1 Å². The summed E-state index contributed by atoms with van der Waals surface area (Å²) in [5, 5.41) is 2.69. The molecule has 2 rings (SSSR count). The first kappa shape index (κ1) is 14.3. The standard InChI is InChI=1S/C14H18N2O4/c1-3-15-14(18)8-16(2)7-11(17)10-4-5-12-13(6-10)20-9-19-12/h4-6H,3,7-9H2,1-2H3,(H,15,18). The van der Waals surface area contributed by atoms with E-state index in [0.717, 1.165) is 0 Å². The van der Waals surface area contributed by atoms with Crippen LogP contribution in [0.2, 0.25) is 0 Å². The van der Waals surface area contributed by atoms with E-state index in [4.69, 9.17) is 9.47 Å². The summed E-state index contributed by atoms with van der Waals surface area (Å²) >= 11 is 0. The molecule has 1 aliphatic rings. The molecular formula is C14H18N2O4. The summed E-state index contributed by atoms with van der Waals surface area (Å²) in [6, 6.07) is 5.10. The van der Waals surface area contributed by atoms with E-state index in [1.54, 1.807) is 30.1 Å². The van der Waals surface area contributed by atoms with E-state index in [-0.39, 0.29) is 31.6 Å². The summed E-state index contributed by atoms with van der Waals surface area (Å²) in [5.41, 5.74) is 0.553. The monoisotopic (exact) mass is 278 g/mol. The summed E-state index contributed by atoms with van der Waals surface area (Å²) in [7, 11) is 1.74. The van der Waals surface area contributed by atoms with Crippen molar-refractivity contribution in [2.75, 3.05) is 33.5 Å². The minimum absolute atomic E-state index is 0.0601. The number of fused-ring (bicyclic) bond motifs is 1. The minimum atomic E-state index is -0.0894. The maximum Gasteiger partial charge on any atom is 0.234 e. The number of nitrogens with zero attached hydrogens (tertiary/aromatic N) is 1. The average molecular weight is 278 g/mol. The van der Waals surface area contributed by atoms with E-state index < -0.39 is 0 Å². The molecule has 0 radical (unpaired) electrons. The Morgan fingerprint density at radius 3 is 2.75 bits per heavy atom. The normalized spacial score (nSPS) is 12.6. The van der Waals surface area contributed by atoms with Gasteiger partial charge in [-0.15, -0.1) is 0 Å². The zero-order chi connectivity index (χ0) is 14.5. The molecule has 6 heteroatoms. The van der Waals surface area contributed by atoms with Crippen LogP contribution in [0.5, 0.6) is 11.5 Å². The highest BCUT2D eigenvalue weighted by atomic mass is 16.7. The summed E-state index contributed by atoms with van der Waals surface area (Å²) < 4.78 is 10.4. The third-order valence-corrected chi connectivity index (χ3v) is 2.90. The molecule has 0 saturated carbocycles. The number of benzene rings is 1. The van der Waals surface area contributed by atoms with Gasteiger partial charge in [0, 0.05) is 12.1 Å². The van der Waals surface area contributed by atoms with Gasteiger partial charge in [-0.3, -0.25) is 14.5 Å². The van der Waals surface area contributed by atoms with Crippen molar-refractivity contribution in [2.45, 2.75) is 6.92 Å². The number of ether oxygens (including phenoxy) is 2. The molecule has 0 atom stereocenters. The Balaban J connectivity index is 1.93. The van der Waals surface area contributed by atoms with Crippen molar-refractivity contribution in [3.63, 3.8) is 0 Å². The topological polar surface area (TPSA) is 67.9 Å². The van der Waals surface area contributed by atoms with Crippen molar-refractivity contribution < 1.29 is 19.1 Å². The average Bonchev–Trinajstić information content (AvgIpc) is 2.85. The molecule has 0 spiro atoms. The molecule has 0 aliphatic carbocycles. The second-order valence-corrected chi connectivity index (χ2v) is 4.62. The second kappa shape index (κ2) is 6.38. The molecule has 1 aromatic carbocycles. The third kappa shape index (κ3) is 3.48. The number of carbonyl (C=O) groups excluding carboxylic acids is 2. The Labute approximate surface area is 117 Å². The lowest BCUT2D eigenvalue weighted by atomic mass is 10.1. The fourth-order valence-corrected chi connectivity index (χ4v) is 1.96. The van der Waals surface area contributed by atoms with Crippen LogP contribution in [0.3, 0.4) is 0 Å². The van der Waals surface area contributed by atoms with E-state index in [0.29, 0.717) is 23.6 Å². The van der Waals surface area contributed by atoms with Crippen LogP contribution in [0.1, 0.15) is 17.3 Å². The Bertz CT molecular complexity index is 516. The van der Waals surface area contributed by atoms with Crippen molar-refractivity contribution in [2.24, 2.45) is 0 Å². The van der Waals surface area contributed by atoms with Crippen molar-refractivity contribution in [1.29, 1.82) is 0 Å². The quantitative estimate of drug-likeness (QED) is 0.774. The van der Waals surface area contributed by atoms with Crippen LogP contribution < -0.4 is 14.8 Å². The molecule has 1 N–H and O–H groups in total. The number of ketones is 1. The Hall–Kier alpha value is -2.08. The first-order valence-corrected chi connectivity index (χ1v) is 6.48. The van der Waals surface area contributed by atoms with E-state index in [9.17, 15) is 9.59 Å². The smallest absolute Gasteiger partial charge is 0.234 e. The molecule has 0 bridgehead atoms. The van der Waals surface area contributed by atoms with Gasteiger partial charge in [0.1, 0.15) is 0 Å². The van der Waals surface area contributed by atoms with Gasteiger partial charge in [-0.2, -0.15) is 0 Å². The highest BCUT2D eigenvalue weighted by Gasteiger charge is 2.17. The van der Waals surface area contributed by atoms with Crippen LogP contribution >= 0.6 is 0 Å². The van der Waals surface area contributed by atoms with Crippen molar-refractivity contribution in [3.05, 3.63) is 23.8 Å². The number of hydrogen-bond donors (Lipinski definition) is 1. The molecular weight excluding hydrogens is 260 g/mol. The van der Waals surface area contributed by atoms with Crippen molar-refractivity contribution in [3.8, 4) is 11.5 Å². The molecule has 0 saturated heterocycles. The van der Waals surface area contributed by atoms with Crippen LogP contribution in [-0.2, 0) is 4.79 Å². The number of Topliss-reactive ketones (excluding diaryl/α,β-unsaturated/α-hetero) is 1. The van der Waals surface area contributed by atoms with Crippen LogP contribution in [0.4, 0.5) is 0 Å². The number of carbonyl (C=O) groups is 2. The number of hydrogen-bond acceptors (Lipinski definition) is 5. The van der Waals surface area contributed by atoms with Crippen molar-refractivity contribution >= 4 is 11.7 Å². The summed E-state index contributed by atoms with van der Waals surface area (Å²) in [5.74, 6) is 1.09. The Morgan fingerprint density at radius 1 is 1.25 bits per heavy atom. The van der Waals surface area contributed by atoms with Crippen LogP contribution in [0, 0.1) is 0 Å². The molecule has 1 heterocycles.